The van der Waals surface area contributed by atoms with Crippen molar-refractivity contribution >= 4 is 11.5 Å². The molecule has 1 heterocycles. The van der Waals surface area contributed by atoms with Gasteiger partial charge in [0.2, 0.25) is 11.5 Å². The van der Waals surface area contributed by atoms with Crippen LogP contribution in [-0.2, 0) is 0 Å². The van der Waals surface area contributed by atoms with Gasteiger partial charge in [0.1, 0.15) is 0 Å². The average Bonchev–Trinajstić information content (AvgIpc) is 3.22. The van der Waals surface area contributed by atoms with Crippen molar-refractivity contribution in [2.45, 2.75) is 0 Å². The van der Waals surface area contributed by atoms with E-state index in [9.17, 15) is 4.79 Å². The summed E-state index contributed by atoms with van der Waals surface area (Å²) in [6.45, 7) is 0. The number of ether oxygens (including phenoxy) is 3. The maximum Gasteiger partial charge on any atom is 0.228 e. The molecule has 0 radical (unpaired) electrons. The van der Waals surface area contributed by atoms with Crippen molar-refractivity contribution in [3.63, 3.8) is 0 Å². The fourth-order valence-corrected chi connectivity index (χ4v) is 2.87. The monoisotopic (exact) mass is 381 g/mol. The van der Waals surface area contributed by atoms with Crippen LogP contribution in [0.3, 0.4) is 0 Å². The summed E-state index contributed by atoms with van der Waals surface area (Å²) in [5.41, 5.74) is 3.19. The molecule has 1 N–H and O–H groups in total. The zero-order chi connectivity index (χ0) is 20.3. The van der Waals surface area contributed by atoms with E-state index < -0.39 is 0 Å². The van der Waals surface area contributed by atoms with Gasteiger partial charge in [0.05, 0.1) is 33.2 Å². The van der Waals surface area contributed by atoms with Crippen molar-refractivity contribution in [3.05, 3.63) is 54.0 Å². The number of H-pyrrole nitrogens is 1. The molecule has 0 saturated carbocycles. The van der Waals surface area contributed by atoms with Gasteiger partial charge in [-0.15, -0.1) is 0 Å². The van der Waals surface area contributed by atoms with Crippen LogP contribution in [0.25, 0.3) is 11.3 Å². The number of imidazole rings is 1. The third-order valence-electron chi connectivity index (χ3n) is 4.41. The summed E-state index contributed by atoms with van der Waals surface area (Å²) in [5.74, 6) is 1.23. The van der Waals surface area contributed by atoms with Crippen LogP contribution in [0.15, 0.2) is 42.6 Å². The van der Waals surface area contributed by atoms with Gasteiger partial charge in [0, 0.05) is 25.3 Å². The Morgan fingerprint density at radius 1 is 0.964 bits per heavy atom. The molecule has 0 amide bonds. The SMILES string of the molecule is COc1cc(C(=O)c2ncc(-c3ccc(N(C)C)cc3)[nH]2)cc(OC)c1OC. The highest BCUT2D eigenvalue weighted by Crippen LogP contribution is 2.38. The van der Waals surface area contributed by atoms with Crippen molar-refractivity contribution in [3.8, 4) is 28.5 Å². The molecule has 0 spiro atoms. The number of hydrogen-bond donors (Lipinski definition) is 1. The highest BCUT2D eigenvalue weighted by molar-refractivity contribution is 6.07. The summed E-state index contributed by atoms with van der Waals surface area (Å²) < 4.78 is 15.9. The zero-order valence-electron chi connectivity index (χ0n) is 16.6. The fourth-order valence-electron chi connectivity index (χ4n) is 2.87. The van der Waals surface area contributed by atoms with Crippen LogP contribution in [0.2, 0.25) is 0 Å². The third kappa shape index (κ3) is 3.64. The first-order chi connectivity index (χ1) is 13.5. The Bertz CT molecular complexity index is 953. The van der Waals surface area contributed by atoms with E-state index in [0.717, 1.165) is 16.9 Å². The topological polar surface area (TPSA) is 76.7 Å². The smallest absolute Gasteiger partial charge is 0.228 e. The molecule has 0 unspecified atom stereocenters. The van der Waals surface area contributed by atoms with Gasteiger partial charge in [-0.05, 0) is 29.8 Å². The molecule has 0 fully saturated rings. The van der Waals surface area contributed by atoms with E-state index >= 15 is 0 Å². The number of aromatic amines is 1. The Morgan fingerprint density at radius 3 is 2.07 bits per heavy atom. The van der Waals surface area contributed by atoms with Crippen LogP contribution in [0.1, 0.15) is 16.2 Å². The zero-order valence-corrected chi connectivity index (χ0v) is 16.6. The first kappa shape index (κ1) is 19.3. The molecular formula is C21H23N3O4. The molecule has 146 valence electrons. The van der Waals surface area contributed by atoms with Crippen LogP contribution >= 0.6 is 0 Å². The Morgan fingerprint density at radius 2 is 1.57 bits per heavy atom. The molecular weight excluding hydrogens is 358 g/mol. The molecule has 3 aromatic rings. The number of carbonyl (C=O) groups is 1. The molecule has 1 aromatic heterocycles. The minimum atomic E-state index is -0.268. The highest BCUT2D eigenvalue weighted by Gasteiger charge is 2.20. The van der Waals surface area contributed by atoms with Gasteiger partial charge in [0.25, 0.3) is 0 Å². The van der Waals surface area contributed by atoms with E-state index in [1.807, 2.05) is 43.3 Å². The van der Waals surface area contributed by atoms with Crippen LogP contribution in [0.5, 0.6) is 17.2 Å². The largest absolute Gasteiger partial charge is 0.493 e. The van der Waals surface area contributed by atoms with Gasteiger partial charge in [-0.25, -0.2) is 4.98 Å². The van der Waals surface area contributed by atoms with Crippen LogP contribution in [-0.4, -0.2) is 51.2 Å². The maximum atomic E-state index is 12.9. The van der Waals surface area contributed by atoms with Gasteiger partial charge < -0.3 is 24.1 Å². The molecule has 0 aliphatic heterocycles. The molecule has 28 heavy (non-hydrogen) atoms. The highest BCUT2D eigenvalue weighted by atomic mass is 16.5. The lowest BCUT2D eigenvalue weighted by Gasteiger charge is -2.13. The molecule has 0 bridgehead atoms. The maximum absolute atomic E-state index is 12.9. The first-order valence-electron chi connectivity index (χ1n) is 8.66. The second kappa shape index (κ2) is 8.04. The number of carbonyl (C=O) groups excluding carboxylic acids is 1. The summed E-state index contributed by atoms with van der Waals surface area (Å²) in [7, 11) is 8.50. The lowest BCUT2D eigenvalue weighted by atomic mass is 10.1. The van der Waals surface area contributed by atoms with Crippen molar-refractivity contribution < 1.29 is 19.0 Å². The van der Waals surface area contributed by atoms with E-state index in [1.54, 1.807) is 18.3 Å². The van der Waals surface area contributed by atoms with Crippen molar-refractivity contribution in [1.29, 1.82) is 0 Å². The average molecular weight is 381 g/mol. The Hall–Kier alpha value is -3.48. The predicted octanol–water partition coefficient (Wildman–Crippen LogP) is 3.40. The molecule has 0 aliphatic carbocycles. The molecule has 0 saturated heterocycles. The van der Waals surface area contributed by atoms with E-state index in [-0.39, 0.29) is 11.6 Å². The van der Waals surface area contributed by atoms with E-state index in [0.29, 0.717) is 22.8 Å². The molecule has 0 atom stereocenters. The minimum Gasteiger partial charge on any atom is -0.493 e. The number of aromatic nitrogens is 2. The van der Waals surface area contributed by atoms with E-state index in [1.165, 1.54) is 21.3 Å². The van der Waals surface area contributed by atoms with E-state index in [2.05, 4.69) is 9.97 Å². The molecule has 0 aliphatic rings. The van der Waals surface area contributed by atoms with Gasteiger partial charge in [-0.3, -0.25) is 4.79 Å². The Labute approximate surface area is 163 Å². The van der Waals surface area contributed by atoms with Crippen molar-refractivity contribution in [2.75, 3.05) is 40.3 Å². The summed E-state index contributed by atoms with van der Waals surface area (Å²) in [4.78, 5) is 22.3. The first-order valence-corrected chi connectivity index (χ1v) is 8.66. The summed E-state index contributed by atoms with van der Waals surface area (Å²) in [6, 6.07) is 11.2. The number of nitrogens with one attached hydrogen (secondary N) is 1. The van der Waals surface area contributed by atoms with Gasteiger partial charge in [-0.1, -0.05) is 12.1 Å². The number of rotatable bonds is 7. The number of methoxy groups -OCH3 is 3. The summed E-state index contributed by atoms with van der Waals surface area (Å²) in [5, 5.41) is 0. The van der Waals surface area contributed by atoms with Crippen LogP contribution in [0.4, 0.5) is 5.69 Å². The quantitative estimate of drug-likeness (QED) is 0.632. The van der Waals surface area contributed by atoms with Gasteiger partial charge in [-0.2, -0.15) is 0 Å². The number of benzene rings is 2. The van der Waals surface area contributed by atoms with E-state index in [4.69, 9.17) is 14.2 Å². The summed E-state index contributed by atoms with van der Waals surface area (Å²) in [6.07, 6.45) is 1.65. The Balaban J connectivity index is 1.92. The lowest BCUT2D eigenvalue weighted by Crippen LogP contribution is -2.07. The molecule has 2 aromatic carbocycles. The predicted molar refractivity (Wildman–Crippen MR) is 108 cm³/mol. The minimum absolute atomic E-state index is 0.237. The molecule has 7 heteroatoms. The van der Waals surface area contributed by atoms with Crippen LogP contribution < -0.4 is 19.1 Å². The van der Waals surface area contributed by atoms with Crippen molar-refractivity contribution in [2.24, 2.45) is 0 Å². The number of ketones is 1. The van der Waals surface area contributed by atoms with Gasteiger partial charge in [0.15, 0.2) is 17.3 Å². The summed E-state index contributed by atoms with van der Waals surface area (Å²) >= 11 is 0. The van der Waals surface area contributed by atoms with Crippen LogP contribution in [0, 0.1) is 0 Å². The molecule has 7 nitrogen and oxygen atoms in total. The number of nitrogens with zero attached hydrogens (tertiary/aromatic N) is 2. The normalized spacial score (nSPS) is 10.5. The molecule has 3 rings (SSSR count). The number of anilines is 1. The third-order valence-corrected chi connectivity index (χ3v) is 4.41. The van der Waals surface area contributed by atoms with Crippen molar-refractivity contribution in [1.82, 2.24) is 9.97 Å². The lowest BCUT2D eigenvalue weighted by molar-refractivity contribution is 0.102. The van der Waals surface area contributed by atoms with Gasteiger partial charge >= 0.3 is 0 Å². The fraction of sp³-hybridized carbons (Fsp3) is 0.238. The second-order valence-corrected chi connectivity index (χ2v) is 6.33. The second-order valence-electron chi connectivity index (χ2n) is 6.33. The number of hydrogen-bond acceptors (Lipinski definition) is 6. The standard InChI is InChI=1S/C21H23N3O4/c1-24(2)15-8-6-13(7-9-15)16-12-22-21(23-16)19(25)14-10-17(26-3)20(28-5)18(11-14)27-4/h6-12H,1-5H3,(H,22,23). The Kier molecular flexibility index (Phi) is 5.54.